The minimum absolute atomic E-state index is 0.148. The third-order valence-electron chi connectivity index (χ3n) is 4.04. The molecule has 3 aromatic rings. The summed E-state index contributed by atoms with van der Waals surface area (Å²) in [5.41, 5.74) is 6.14. The molecule has 0 atom stereocenters. The van der Waals surface area contributed by atoms with Crippen molar-refractivity contribution in [2.24, 2.45) is 0 Å². The molecule has 3 rings (SSSR count). The Kier molecular flexibility index (Phi) is 4.14. The maximum Gasteiger partial charge on any atom is 0.104 e. The van der Waals surface area contributed by atoms with Crippen LogP contribution >= 0.6 is 0 Å². The Labute approximate surface area is 135 Å². The van der Waals surface area contributed by atoms with Gasteiger partial charge in [0.05, 0.1) is 29.3 Å². The zero-order valence-corrected chi connectivity index (χ0v) is 13.3. The van der Waals surface area contributed by atoms with Crippen LogP contribution in [0.2, 0.25) is 0 Å². The second-order valence-electron chi connectivity index (χ2n) is 5.74. The van der Waals surface area contributed by atoms with E-state index in [0.717, 1.165) is 46.4 Å². The number of nitrogens with one attached hydrogen (secondary N) is 1. The first-order valence-corrected chi connectivity index (χ1v) is 7.79. The predicted octanol–water partition coefficient (Wildman–Crippen LogP) is 3.85. The molecular weight excluding hydrogens is 286 g/mol. The number of H-pyrrole nitrogens is 1. The highest BCUT2D eigenvalue weighted by Gasteiger charge is 2.13. The van der Waals surface area contributed by atoms with Gasteiger partial charge in [-0.05, 0) is 48.2 Å². The quantitative estimate of drug-likeness (QED) is 0.769. The van der Waals surface area contributed by atoms with E-state index in [2.05, 4.69) is 29.0 Å². The van der Waals surface area contributed by atoms with Crippen LogP contribution in [-0.2, 0) is 13.0 Å². The molecule has 1 heterocycles. The zero-order valence-electron chi connectivity index (χ0n) is 13.3. The minimum atomic E-state index is -0.148. The fourth-order valence-corrected chi connectivity index (χ4v) is 3.00. The highest BCUT2D eigenvalue weighted by atomic mass is 16.3. The first kappa shape index (κ1) is 15.3. The first-order chi connectivity index (χ1) is 11.2. The number of aromatic nitrogens is 2. The third kappa shape index (κ3) is 2.84. The Balaban J connectivity index is 2.22. The average molecular weight is 305 g/mol. The molecule has 0 aliphatic carbocycles. The zero-order chi connectivity index (χ0) is 16.4. The van der Waals surface area contributed by atoms with Gasteiger partial charge in [0, 0.05) is 5.56 Å². The van der Waals surface area contributed by atoms with Gasteiger partial charge in [-0.25, -0.2) is 4.98 Å². The Morgan fingerprint density at radius 2 is 2.09 bits per heavy atom. The molecule has 0 radical (unpaired) electrons. The molecule has 4 nitrogen and oxygen atoms in total. The lowest BCUT2D eigenvalue weighted by Gasteiger charge is -2.12. The van der Waals surface area contributed by atoms with E-state index in [1.807, 2.05) is 31.2 Å². The lowest BCUT2D eigenvalue weighted by atomic mass is 9.92. The number of imidazole rings is 1. The third-order valence-corrected chi connectivity index (χ3v) is 4.04. The van der Waals surface area contributed by atoms with Crippen LogP contribution in [0.3, 0.4) is 0 Å². The highest BCUT2D eigenvalue weighted by molar-refractivity contribution is 5.83. The topological polar surface area (TPSA) is 72.7 Å². The van der Waals surface area contributed by atoms with Crippen LogP contribution in [0.25, 0.3) is 22.2 Å². The van der Waals surface area contributed by atoms with Crippen LogP contribution in [0.5, 0.6) is 0 Å². The maximum atomic E-state index is 9.76. The van der Waals surface area contributed by atoms with Gasteiger partial charge in [0.2, 0.25) is 0 Å². The van der Waals surface area contributed by atoms with Crippen molar-refractivity contribution in [3.63, 3.8) is 0 Å². The summed E-state index contributed by atoms with van der Waals surface area (Å²) in [7, 11) is 0. The van der Waals surface area contributed by atoms with Crippen LogP contribution in [0.1, 0.15) is 35.9 Å². The van der Waals surface area contributed by atoms with Crippen molar-refractivity contribution in [3.8, 4) is 17.2 Å². The van der Waals surface area contributed by atoms with Gasteiger partial charge in [0.1, 0.15) is 5.82 Å². The van der Waals surface area contributed by atoms with Gasteiger partial charge >= 0.3 is 0 Å². The van der Waals surface area contributed by atoms with Crippen molar-refractivity contribution >= 4 is 11.0 Å². The molecule has 0 unspecified atom stereocenters. The number of aliphatic hydroxyl groups is 1. The summed E-state index contributed by atoms with van der Waals surface area (Å²) in [6.45, 7) is 3.89. The van der Waals surface area contributed by atoms with E-state index in [1.54, 1.807) is 0 Å². The van der Waals surface area contributed by atoms with E-state index < -0.39 is 0 Å². The number of fused-ring (bicyclic) bond motifs is 1. The monoisotopic (exact) mass is 305 g/mol. The van der Waals surface area contributed by atoms with Gasteiger partial charge in [-0.3, -0.25) is 0 Å². The van der Waals surface area contributed by atoms with Crippen molar-refractivity contribution < 1.29 is 5.11 Å². The lowest BCUT2D eigenvalue weighted by molar-refractivity contribution is 0.282. The Bertz CT molecular complexity index is 903. The van der Waals surface area contributed by atoms with Crippen molar-refractivity contribution in [2.45, 2.75) is 33.3 Å². The second-order valence-corrected chi connectivity index (χ2v) is 5.74. The van der Waals surface area contributed by atoms with Crippen molar-refractivity contribution in [1.82, 2.24) is 9.97 Å². The molecule has 0 bridgehead atoms. The van der Waals surface area contributed by atoms with Crippen LogP contribution in [-0.4, -0.2) is 15.1 Å². The van der Waals surface area contributed by atoms with E-state index in [9.17, 15) is 10.4 Å². The van der Waals surface area contributed by atoms with Crippen LogP contribution in [0, 0.1) is 18.3 Å². The number of rotatable bonds is 4. The number of nitriles is 1. The van der Waals surface area contributed by atoms with Gasteiger partial charge in [-0.2, -0.15) is 5.26 Å². The van der Waals surface area contributed by atoms with Crippen LogP contribution in [0.4, 0.5) is 0 Å². The maximum absolute atomic E-state index is 9.76. The normalized spacial score (nSPS) is 10.9. The number of aromatic amines is 1. The molecular formula is C19H19N3O. The van der Waals surface area contributed by atoms with Gasteiger partial charge < -0.3 is 10.1 Å². The molecule has 1 aromatic heterocycles. The SMILES string of the molecule is CCCc1cc(C#N)c(CO)c(-c2ccc3nc(C)[nH]c3c2)c1. The summed E-state index contributed by atoms with van der Waals surface area (Å²) in [4.78, 5) is 7.65. The minimum Gasteiger partial charge on any atom is -0.392 e. The number of aryl methyl sites for hydroxylation is 2. The molecule has 0 aliphatic rings. The van der Waals surface area contributed by atoms with E-state index in [1.165, 1.54) is 0 Å². The summed E-state index contributed by atoms with van der Waals surface area (Å²) in [5.74, 6) is 0.872. The lowest BCUT2D eigenvalue weighted by Crippen LogP contribution is -1.98. The molecule has 0 saturated carbocycles. The van der Waals surface area contributed by atoms with E-state index in [0.29, 0.717) is 11.1 Å². The Morgan fingerprint density at radius 3 is 2.78 bits per heavy atom. The second kappa shape index (κ2) is 6.23. The Morgan fingerprint density at radius 1 is 1.26 bits per heavy atom. The molecule has 2 aromatic carbocycles. The molecule has 23 heavy (non-hydrogen) atoms. The fraction of sp³-hybridized carbons (Fsp3) is 0.263. The first-order valence-electron chi connectivity index (χ1n) is 7.79. The van der Waals surface area contributed by atoms with Crippen molar-refractivity contribution in [3.05, 3.63) is 52.8 Å². The number of benzene rings is 2. The summed E-state index contributed by atoms with van der Waals surface area (Å²) in [6.07, 6.45) is 1.93. The molecule has 0 saturated heterocycles. The molecule has 0 fully saturated rings. The molecule has 0 aliphatic heterocycles. The number of nitrogens with zero attached hydrogens (tertiary/aromatic N) is 2. The molecule has 0 amide bonds. The van der Waals surface area contributed by atoms with Crippen LogP contribution in [0.15, 0.2) is 30.3 Å². The van der Waals surface area contributed by atoms with Gasteiger partial charge in [0.15, 0.2) is 0 Å². The number of hydrogen-bond acceptors (Lipinski definition) is 3. The predicted molar refractivity (Wildman–Crippen MR) is 90.9 cm³/mol. The fourth-order valence-electron chi connectivity index (χ4n) is 3.00. The van der Waals surface area contributed by atoms with E-state index >= 15 is 0 Å². The largest absolute Gasteiger partial charge is 0.392 e. The van der Waals surface area contributed by atoms with Gasteiger partial charge in [-0.15, -0.1) is 0 Å². The molecule has 2 N–H and O–H groups in total. The summed E-state index contributed by atoms with van der Waals surface area (Å²) in [5, 5.41) is 19.2. The van der Waals surface area contributed by atoms with E-state index in [-0.39, 0.29) is 6.61 Å². The standard InChI is InChI=1S/C19H19N3O/c1-3-4-13-7-15(10-20)17(11-23)16(8-13)14-5-6-18-19(9-14)22-12(2)21-18/h5-9,23H,3-4,11H2,1-2H3,(H,21,22). The van der Waals surface area contributed by atoms with Crippen molar-refractivity contribution in [1.29, 1.82) is 5.26 Å². The van der Waals surface area contributed by atoms with Crippen LogP contribution < -0.4 is 0 Å². The number of hydrogen-bond donors (Lipinski definition) is 2. The molecule has 116 valence electrons. The summed E-state index contributed by atoms with van der Waals surface area (Å²) in [6, 6.07) is 12.2. The Hall–Kier alpha value is -2.64. The molecule has 0 spiro atoms. The smallest absolute Gasteiger partial charge is 0.104 e. The van der Waals surface area contributed by atoms with Gasteiger partial charge in [0.25, 0.3) is 0 Å². The average Bonchev–Trinajstić information content (AvgIpc) is 2.93. The van der Waals surface area contributed by atoms with Crippen molar-refractivity contribution in [2.75, 3.05) is 0 Å². The highest BCUT2D eigenvalue weighted by Crippen LogP contribution is 2.30. The number of aliphatic hydroxyl groups excluding tert-OH is 1. The summed E-state index contributed by atoms with van der Waals surface area (Å²) >= 11 is 0. The van der Waals surface area contributed by atoms with E-state index in [4.69, 9.17) is 0 Å². The molecule has 4 heteroatoms. The van der Waals surface area contributed by atoms with Gasteiger partial charge in [-0.1, -0.05) is 25.5 Å². The summed E-state index contributed by atoms with van der Waals surface area (Å²) < 4.78 is 0.